The quantitative estimate of drug-likeness (QED) is 0.0246. The van der Waals surface area contributed by atoms with E-state index in [2.05, 4.69) is 55.0 Å². The van der Waals surface area contributed by atoms with Crippen molar-refractivity contribution in [1.82, 2.24) is 30.5 Å². The number of fused-ring (bicyclic) bond motifs is 1. The van der Waals surface area contributed by atoms with Gasteiger partial charge in [-0.1, -0.05) is 32.0 Å². The molecule has 312 valence electrons. The van der Waals surface area contributed by atoms with Gasteiger partial charge in [0.1, 0.15) is 11.5 Å². The lowest BCUT2D eigenvalue weighted by Gasteiger charge is -2.18. The number of pyridine rings is 1. The smallest absolute Gasteiger partial charge is 0.321 e. The molecule has 0 radical (unpaired) electrons. The number of nitrogens with one attached hydrogen (secondary N) is 5. The molecule has 4 heterocycles. The SMILES string of the molecule is CCN(CC)CCNC(=O)c1c(C)[nH]c(/C=C2\C(=O)Nc3ccc(CC(=O)CCCCC(=O)Oc4cccc(CNC(=O)Nc5nc(-c6ccncc6)cs5)c4)cc32)c1C. The number of anilines is 2. The molecule has 0 spiro atoms. The normalized spacial score (nSPS) is 12.6. The van der Waals surface area contributed by atoms with E-state index in [9.17, 15) is 24.0 Å². The zero-order chi connectivity index (χ0) is 42.6. The summed E-state index contributed by atoms with van der Waals surface area (Å²) in [6.45, 7) is 11.2. The summed E-state index contributed by atoms with van der Waals surface area (Å²) in [5.74, 6) is -0.441. The Balaban J connectivity index is 0.939. The number of ether oxygens (including phenoxy) is 1. The molecule has 14 nitrogen and oxygen atoms in total. The number of unbranched alkanes of at least 4 members (excludes halogenated alkanes) is 1. The number of carbonyl (C=O) groups excluding carboxylic acids is 5. The number of aromatic amines is 1. The average molecular weight is 831 g/mol. The van der Waals surface area contributed by atoms with Crippen molar-refractivity contribution in [2.45, 2.75) is 66.3 Å². The van der Waals surface area contributed by atoms with E-state index in [4.69, 9.17) is 4.74 Å². The number of carbonyl (C=O) groups is 5. The third-order valence-corrected chi connectivity index (χ3v) is 11.0. The van der Waals surface area contributed by atoms with Gasteiger partial charge in [0, 0.05) is 84.9 Å². The van der Waals surface area contributed by atoms with Gasteiger partial charge in [-0.2, -0.15) is 0 Å². The summed E-state index contributed by atoms with van der Waals surface area (Å²) < 4.78 is 5.54. The first-order chi connectivity index (χ1) is 29.0. The van der Waals surface area contributed by atoms with Gasteiger partial charge in [0.05, 0.1) is 16.8 Å². The monoisotopic (exact) mass is 830 g/mol. The van der Waals surface area contributed by atoms with Crippen LogP contribution in [-0.2, 0) is 27.3 Å². The fraction of sp³-hybridized carbons (Fsp3) is 0.311. The molecule has 1 aliphatic heterocycles. The Morgan fingerprint density at radius 3 is 2.50 bits per heavy atom. The van der Waals surface area contributed by atoms with Crippen molar-refractivity contribution >= 4 is 63.4 Å². The number of amides is 4. The van der Waals surface area contributed by atoms with Crippen LogP contribution in [0.15, 0.2) is 72.4 Å². The number of rotatable bonds is 19. The molecule has 15 heteroatoms. The Hall–Kier alpha value is -6.45. The molecule has 0 saturated carbocycles. The molecule has 0 atom stereocenters. The van der Waals surface area contributed by atoms with Crippen LogP contribution in [0, 0.1) is 13.8 Å². The molecule has 6 rings (SSSR count). The number of aryl methyl sites for hydroxylation is 1. The van der Waals surface area contributed by atoms with Crippen LogP contribution < -0.4 is 26.0 Å². The number of urea groups is 1. The highest BCUT2D eigenvalue weighted by molar-refractivity contribution is 7.14. The first-order valence-corrected chi connectivity index (χ1v) is 21.0. The third-order valence-electron chi connectivity index (χ3n) is 10.2. The number of hydrogen-bond acceptors (Lipinski definition) is 10. The van der Waals surface area contributed by atoms with Gasteiger partial charge >= 0.3 is 12.0 Å². The van der Waals surface area contributed by atoms with Crippen LogP contribution in [-0.4, -0.2) is 75.6 Å². The van der Waals surface area contributed by atoms with Crippen molar-refractivity contribution in [2.24, 2.45) is 0 Å². The number of ketones is 1. The summed E-state index contributed by atoms with van der Waals surface area (Å²) in [4.78, 5) is 78.3. The number of likely N-dealkylation sites (N-methyl/N-ethyl adjacent to an activating group) is 1. The molecule has 5 aromatic rings. The Morgan fingerprint density at radius 2 is 1.72 bits per heavy atom. The predicted molar refractivity (Wildman–Crippen MR) is 234 cm³/mol. The molecule has 0 fully saturated rings. The van der Waals surface area contributed by atoms with Crippen molar-refractivity contribution in [3.05, 3.63) is 112 Å². The van der Waals surface area contributed by atoms with E-state index in [0.29, 0.717) is 64.8 Å². The van der Waals surface area contributed by atoms with Gasteiger partial charge in [0.2, 0.25) is 0 Å². The van der Waals surface area contributed by atoms with Crippen LogP contribution in [0.1, 0.15) is 83.5 Å². The number of hydrogen-bond donors (Lipinski definition) is 5. The largest absolute Gasteiger partial charge is 0.427 e. The Morgan fingerprint density at radius 1 is 0.933 bits per heavy atom. The maximum absolute atomic E-state index is 13.1. The lowest BCUT2D eigenvalue weighted by Crippen LogP contribution is -2.35. The summed E-state index contributed by atoms with van der Waals surface area (Å²) in [5.41, 5.74) is 7.69. The van der Waals surface area contributed by atoms with E-state index in [1.165, 1.54) is 11.3 Å². The average Bonchev–Trinajstić information content (AvgIpc) is 3.91. The van der Waals surface area contributed by atoms with Crippen LogP contribution >= 0.6 is 11.3 Å². The van der Waals surface area contributed by atoms with E-state index < -0.39 is 12.0 Å². The number of nitrogens with zero attached hydrogens (tertiary/aromatic N) is 3. The summed E-state index contributed by atoms with van der Waals surface area (Å²) in [6, 6.07) is 15.7. The predicted octanol–water partition coefficient (Wildman–Crippen LogP) is 7.31. The van der Waals surface area contributed by atoms with Crippen LogP contribution in [0.3, 0.4) is 0 Å². The van der Waals surface area contributed by atoms with Gasteiger partial charge in [-0.15, -0.1) is 11.3 Å². The fourth-order valence-electron chi connectivity index (χ4n) is 6.97. The van der Waals surface area contributed by atoms with Crippen molar-refractivity contribution < 1.29 is 28.7 Å². The van der Waals surface area contributed by atoms with Gasteiger partial charge in [-0.3, -0.25) is 29.5 Å². The molecule has 0 aliphatic carbocycles. The van der Waals surface area contributed by atoms with Gasteiger partial charge in [-0.25, -0.2) is 9.78 Å². The minimum absolute atomic E-state index is 0.0203. The zero-order valence-electron chi connectivity index (χ0n) is 34.3. The standard InChI is InChI=1S/C45H50N8O6S/c1-5-53(6-2)21-20-47-43(57)41-28(3)38(49-29(41)4)25-36-35-24-30(14-15-37(35)50-42(36)56)22-33(54)11-7-8-13-40(55)59-34-12-9-10-31(23-34)26-48-44(58)52-45-51-39(27-60-45)32-16-18-46-19-17-32/h9-10,12,14-19,23-25,27,49H,5-8,11,13,20-22,26H2,1-4H3,(H,47,57)(H,50,56)(H2,48,51,52,58)/b36-25-. The first kappa shape index (κ1) is 43.1. The van der Waals surface area contributed by atoms with Gasteiger partial charge in [0.15, 0.2) is 5.13 Å². The fourth-order valence-corrected chi connectivity index (χ4v) is 7.68. The molecule has 0 saturated heterocycles. The van der Waals surface area contributed by atoms with Gasteiger partial charge < -0.3 is 30.6 Å². The second-order valence-corrected chi connectivity index (χ2v) is 15.3. The Labute approximate surface area is 353 Å². The Bertz CT molecular complexity index is 2380. The highest BCUT2D eigenvalue weighted by Crippen LogP contribution is 2.35. The van der Waals surface area contributed by atoms with Crippen LogP contribution in [0.25, 0.3) is 22.9 Å². The molecule has 0 bridgehead atoms. The number of benzene rings is 2. The Kier molecular flexibility index (Phi) is 14.7. The van der Waals surface area contributed by atoms with Crippen molar-refractivity contribution in [3.8, 4) is 17.0 Å². The minimum atomic E-state index is -0.413. The lowest BCUT2D eigenvalue weighted by atomic mass is 9.98. The molecular formula is C45H50N8O6S. The molecular weight excluding hydrogens is 781 g/mol. The van der Waals surface area contributed by atoms with Crippen molar-refractivity contribution in [2.75, 3.05) is 36.8 Å². The second-order valence-electron chi connectivity index (χ2n) is 14.5. The van der Waals surface area contributed by atoms with E-state index in [1.54, 1.807) is 42.7 Å². The minimum Gasteiger partial charge on any atom is -0.427 e. The maximum Gasteiger partial charge on any atom is 0.321 e. The number of aromatic nitrogens is 3. The summed E-state index contributed by atoms with van der Waals surface area (Å²) >= 11 is 1.32. The molecule has 5 N–H and O–H groups in total. The lowest BCUT2D eigenvalue weighted by molar-refractivity contribution is -0.134. The topological polar surface area (TPSA) is 188 Å². The number of Topliss-reactive ketones (excluding diaryl/α,β-unsaturated/α-hetero) is 1. The molecule has 2 aromatic carbocycles. The maximum atomic E-state index is 13.1. The number of esters is 1. The van der Waals surface area contributed by atoms with Crippen molar-refractivity contribution in [3.63, 3.8) is 0 Å². The molecule has 1 aliphatic rings. The van der Waals surface area contributed by atoms with Crippen LogP contribution in [0.5, 0.6) is 5.75 Å². The van der Waals surface area contributed by atoms with Gasteiger partial charge in [-0.05, 0) is 98.9 Å². The van der Waals surface area contributed by atoms with E-state index in [0.717, 1.165) is 53.3 Å². The number of H-pyrrole nitrogens is 1. The first-order valence-electron chi connectivity index (χ1n) is 20.1. The van der Waals surface area contributed by atoms with E-state index in [1.807, 2.05) is 49.6 Å². The third kappa shape index (κ3) is 11.4. The number of thiazole rings is 1. The van der Waals surface area contributed by atoms with Crippen LogP contribution in [0.2, 0.25) is 0 Å². The second kappa shape index (κ2) is 20.5. The molecule has 4 amide bonds. The van der Waals surface area contributed by atoms with E-state index in [-0.39, 0.29) is 37.0 Å². The summed E-state index contributed by atoms with van der Waals surface area (Å²) in [5, 5.41) is 13.8. The summed E-state index contributed by atoms with van der Waals surface area (Å²) in [6.07, 6.45) is 6.75. The molecule has 60 heavy (non-hydrogen) atoms. The highest BCUT2D eigenvalue weighted by atomic mass is 32.1. The highest BCUT2D eigenvalue weighted by Gasteiger charge is 2.26. The summed E-state index contributed by atoms with van der Waals surface area (Å²) in [7, 11) is 0. The van der Waals surface area contributed by atoms with Crippen LogP contribution in [0.4, 0.5) is 15.6 Å². The molecule has 0 unspecified atom stereocenters. The van der Waals surface area contributed by atoms with Gasteiger partial charge in [0.25, 0.3) is 11.8 Å². The molecule has 3 aromatic heterocycles. The van der Waals surface area contributed by atoms with E-state index >= 15 is 0 Å². The zero-order valence-corrected chi connectivity index (χ0v) is 35.1. The van der Waals surface area contributed by atoms with Crippen molar-refractivity contribution in [1.29, 1.82) is 0 Å².